The van der Waals surface area contributed by atoms with Crippen molar-refractivity contribution >= 4 is 39.9 Å². The van der Waals surface area contributed by atoms with Crippen LogP contribution in [0.5, 0.6) is 5.75 Å². The molecule has 0 aliphatic carbocycles. The number of aromatic amines is 2. The lowest BCUT2D eigenvalue weighted by atomic mass is 9.92. The molecule has 0 saturated carbocycles. The Hall–Kier alpha value is -5.63. The van der Waals surface area contributed by atoms with E-state index < -0.39 is 17.7 Å². The van der Waals surface area contributed by atoms with E-state index in [9.17, 15) is 14.4 Å². The number of aromatic nitrogens is 4. The van der Waals surface area contributed by atoms with Gasteiger partial charge >= 0.3 is 12.2 Å². The summed E-state index contributed by atoms with van der Waals surface area (Å²) >= 11 is 0. The number of fused-ring (bicyclic) bond motifs is 6. The van der Waals surface area contributed by atoms with E-state index in [2.05, 4.69) is 51.7 Å². The average molecular weight is 792 g/mol. The molecule has 2 saturated heterocycles. The van der Waals surface area contributed by atoms with Crippen LogP contribution in [-0.4, -0.2) is 92.9 Å². The van der Waals surface area contributed by atoms with E-state index in [1.807, 2.05) is 58.7 Å². The number of benzene rings is 3. The van der Waals surface area contributed by atoms with Crippen molar-refractivity contribution in [3.63, 3.8) is 0 Å². The third-order valence-electron chi connectivity index (χ3n) is 11.6. The van der Waals surface area contributed by atoms with Crippen molar-refractivity contribution in [1.82, 2.24) is 35.1 Å². The number of nitrogens with zero attached hydrogens (tertiary/aromatic N) is 4. The molecule has 2 fully saturated rings. The molecule has 8 rings (SSSR count). The highest BCUT2D eigenvalue weighted by atomic mass is 16.6. The minimum atomic E-state index is -0.719. The summed E-state index contributed by atoms with van der Waals surface area (Å²) in [5.74, 6) is 2.12. The Balaban J connectivity index is 1.06. The molecule has 2 unspecified atom stereocenters. The van der Waals surface area contributed by atoms with Crippen LogP contribution in [0.15, 0.2) is 48.7 Å². The zero-order chi connectivity index (χ0) is 41.0. The highest BCUT2D eigenvalue weighted by molar-refractivity contribution is 6.07. The van der Waals surface area contributed by atoms with Crippen molar-refractivity contribution in [2.45, 2.75) is 97.2 Å². The average Bonchev–Trinajstić information content (AvgIpc) is 4.00. The first kappa shape index (κ1) is 39.2. The normalized spacial score (nSPS) is 20.9. The highest BCUT2D eigenvalue weighted by Gasteiger charge is 2.42. The van der Waals surface area contributed by atoms with E-state index in [4.69, 9.17) is 28.9 Å². The fourth-order valence-corrected chi connectivity index (χ4v) is 8.83. The number of likely N-dealkylation sites (tertiary alicyclic amines) is 2. The standard InChI is InChI=1S/C44H53N7O7/c1-23(2)37(49-42(53)56-8)41(52)51-24(3)9-14-34(51)40-46-32-13-11-26-17-31-29-12-10-27(16-28(29)22-57-36(31)18-30(26)38(32)48-40)33-19-45-39(47-33)35-15-25(21-55-7)20-50(35)43(54)58-44(4,5)6/h10-13,16-19,23-25,34-35,37H,9,14-15,20-22H2,1-8H3,(H,45,47)(H,46,48)(H,49,53)/t24-,25-,34-,35?,37?/m0/s1. The second kappa shape index (κ2) is 15.3. The zero-order valence-corrected chi connectivity index (χ0v) is 34.5. The summed E-state index contributed by atoms with van der Waals surface area (Å²) in [5, 5.41) is 4.72. The molecule has 2 aromatic heterocycles. The molecule has 5 heterocycles. The van der Waals surface area contributed by atoms with E-state index in [1.165, 1.54) is 7.11 Å². The van der Waals surface area contributed by atoms with E-state index in [1.54, 1.807) is 12.0 Å². The van der Waals surface area contributed by atoms with Gasteiger partial charge < -0.3 is 39.1 Å². The topological polar surface area (TPSA) is 164 Å². The first-order chi connectivity index (χ1) is 27.7. The van der Waals surface area contributed by atoms with Gasteiger partial charge in [-0.1, -0.05) is 32.0 Å². The molecule has 0 bridgehead atoms. The maximum atomic E-state index is 14.0. The Morgan fingerprint density at radius 1 is 1.00 bits per heavy atom. The second-order valence-corrected chi connectivity index (χ2v) is 17.2. The van der Waals surface area contributed by atoms with Gasteiger partial charge in [0.05, 0.1) is 48.7 Å². The first-order valence-corrected chi connectivity index (χ1v) is 20.2. The molecule has 3 aliphatic heterocycles. The SMILES string of the molecule is COC[C@H]1CC(c2ncc(-c3ccc4c(c3)COc3cc5c(ccc6[nH]c([C@@H]7CC[C@H](C)N7C(=O)C(NC(=O)OC)C(C)C)nc65)cc3-4)[nH]2)N(C(=O)OC(C)(C)C)C1. The van der Waals surface area contributed by atoms with Crippen LogP contribution in [0, 0.1) is 11.8 Å². The quantitative estimate of drug-likeness (QED) is 0.141. The van der Waals surface area contributed by atoms with E-state index in [0.717, 1.165) is 86.4 Å². The van der Waals surface area contributed by atoms with Gasteiger partial charge in [-0.2, -0.15) is 0 Å². The number of ether oxygens (including phenoxy) is 4. The van der Waals surface area contributed by atoms with Crippen LogP contribution in [0.25, 0.3) is 44.2 Å². The summed E-state index contributed by atoms with van der Waals surface area (Å²) < 4.78 is 22.4. The Morgan fingerprint density at radius 2 is 1.81 bits per heavy atom. The predicted molar refractivity (Wildman–Crippen MR) is 219 cm³/mol. The number of hydrogen-bond donors (Lipinski definition) is 3. The summed E-state index contributed by atoms with van der Waals surface area (Å²) in [6.07, 6.45) is 3.14. The van der Waals surface area contributed by atoms with Crippen LogP contribution in [0.2, 0.25) is 0 Å². The van der Waals surface area contributed by atoms with Crippen molar-refractivity contribution in [1.29, 1.82) is 0 Å². The summed E-state index contributed by atoms with van der Waals surface area (Å²) in [6, 6.07) is 13.5. The summed E-state index contributed by atoms with van der Waals surface area (Å²) in [6.45, 7) is 13.0. The van der Waals surface area contributed by atoms with Crippen LogP contribution < -0.4 is 10.1 Å². The number of H-pyrrole nitrogens is 2. The van der Waals surface area contributed by atoms with Crippen LogP contribution in [0.3, 0.4) is 0 Å². The van der Waals surface area contributed by atoms with E-state index in [0.29, 0.717) is 19.8 Å². The smallest absolute Gasteiger partial charge is 0.410 e. The monoisotopic (exact) mass is 791 g/mol. The molecule has 3 aromatic carbocycles. The van der Waals surface area contributed by atoms with Gasteiger partial charge in [-0.25, -0.2) is 19.6 Å². The van der Waals surface area contributed by atoms with Gasteiger partial charge in [0.1, 0.15) is 35.6 Å². The molecule has 14 heteroatoms. The van der Waals surface area contributed by atoms with Crippen LogP contribution >= 0.6 is 0 Å². The number of hydrogen-bond acceptors (Lipinski definition) is 9. The minimum absolute atomic E-state index is 0.0184. The predicted octanol–water partition coefficient (Wildman–Crippen LogP) is 8.04. The van der Waals surface area contributed by atoms with Crippen LogP contribution in [-0.2, 0) is 25.6 Å². The fourth-order valence-electron chi connectivity index (χ4n) is 8.83. The van der Waals surface area contributed by atoms with Crippen molar-refractivity contribution in [2.75, 3.05) is 27.4 Å². The molecule has 14 nitrogen and oxygen atoms in total. The summed E-state index contributed by atoms with van der Waals surface area (Å²) in [5.41, 5.74) is 6.07. The van der Waals surface area contributed by atoms with E-state index >= 15 is 0 Å². The number of alkyl carbamates (subject to hydrolysis) is 1. The van der Waals surface area contributed by atoms with Gasteiger partial charge in [0.15, 0.2) is 0 Å². The lowest BCUT2D eigenvalue weighted by Crippen LogP contribution is -2.52. The number of nitrogens with one attached hydrogen (secondary N) is 3. The van der Waals surface area contributed by atoms with Crippen molar-refractivity contribution < 1.29 is 33.3 Å². The third kappa shape index (κ3) is 7.34. The Morgan fingerprint density at radius 3 is 2.55 bits per heavy atom. The molecule has 5 atom stereocenters. The Bertz CT molecular complexity index is 2380. The molecule has 3 N–H and O–H groups in total. The summed E-state index contributed by atoms with van der Waals surface area (Å²) in [4.78, 5) is 59.8. The molecule has 3 aliphatic rings. The maximum Gasteiger partial charge on any atom is 0.410 e. The minimum Gasteiger partial charge on any atom is -0.488 e. The molecular formula is C44H53N7O7. The maximum absolute atomic E-state index is 14.0. The molecule has 0 spiro atoms. The van der Waals surface area contributed by atoms with E-state index in [-0.39, 0.29) is 42.0 Å². The lowest BCUT2D eigenvalue weighted by Gasteiger charge is -2.32. The molecule has 306 valence electrons. The zero-order valence-electron chi connectivity index (χ0n) is 34.5. The molecular weight excluding hydrogens is 739 g/mol. The van der Waals surface area contributed by atoms with Crippen molar-refractivity contribution in [3.05, 3.63) is 65.9 Å². The van der Waals surface area contributed by atoms with Crippen molar-refractivity contribution in [2.24, 2.45) is 11.8 Å². The number of carbonyl (C=O) groups is 3. The highest BCUT2D eigenvalue weighted by Crippen LogP contribution is 2.44. The second-order valence-electron chi connectivity index (χ2n) is 17.2. The van der Waals surface area contributed by atoms with Crippen LogP contribution in [0.4, 0.5) is 9.59 Å². The van der Waals surface area contributed by atoms with Gasteiger partial charge in [-0.15, -0.1) is 0 Å². The molecule has 0 radical (unpaired) electrons. The van der Waals surface area contributed by atoms with Gasteiger partial charge in [0.2, 0.25) is 5.91 Å². The molecule has 3 amide bonds. The Kier molecular flexibility index (Phi) is 10.3. The number of imidazole rings is 2. The molecule has 58 heavy (non-hydrogen) atoms. The van der Waals surface area contributed by atoms with Gasteiger partial charge in [0, 0.05) is 36.6 Å². The number of rotatable bonds is 8. The van der Waals surface area contributed by atoms with Gasteiger partial charge in [-0.05, 0) is 99.2 Å². The number of methoxy groups -OCH3 is 2. The summed E-state index contributed by atoms with van der Waals surface area (Å²) in [7, 11) is 2.98. The van der Waals surface area contributed by atoms with Crippen molar-refractivity contribution in [3.8, 4) is 28.1 Å². The third-order valence-corrected chi connectivity index (χ3v) is 11.6. The lowest BCUT2D eigenvalue weighted by molar-refractivity contribution is -0.137. The van der Waals surface area contributed by atoms with Gasteiger partial charge in [0.25, 0.3) is 0 Å². The Labute approximate surface area is 338 Å². The van der Waals surface area contributed by atoms with Gasteiger partial charge in [-0.3, -0.25) is 9.69 Å². The fraction of sp³-hybridized carbons (Fsp3) is 0.477. The number of carbonyl (C=O) groups excluding carboxylic acids is 3. The molecule has 5 aromatic rings. The first-order valence-electron chi connectivity index (χ1n) is 20.2. The number of amides is 3. The largest absolute Gasteiger partial charge is 0.488 e. The van der Waals surface area contributed by atoms with Crippen LogP contribution in [0.1, 0.15) is 90.1 Å².